The van der Waals surface area contributed by atoms with Crippen molar-refractivity contribution in [3.8, 4) is 0 Å². The molecule has 28 atom stereocenters. The fraction of sp³-hybridized carbons (Fsp3) is 0.944. The predicted octanol–water partition coefficient (Wildman–Crippen LogP) is -1.01. The summed E-state index contributed by atoms with van der Waals surface area (Å²) in [6.07, 6.45) is -22.0. The summed E-state index contributed by atoms with van der Waals surface area (Å²) >= 11 is 0. The summed E-state index contributed by atoms with van der Waals surface area (Å²) in [6.45, 7) is 15.5. The number of aliphatic hydroxyl groups is 13. The largest absolute Gasteiger partial charge is 0.432 e. The molecular weight excluding hydrogens is 1000 g/mol. The number of hydrogen-bond acceptors (Lipinski definition) is 22. The van der Waals surface area contributed by atoms with Crippen molar-refractivity contribution in [2.24, 2.45) is 50.2 Å². The summed E-state index contributed by atoms with van der Waals surface area (Å²) in [6, 6.07) is 0. The third-order valence-corrected chi connectivity index (χ3v) is 21.4. The van der Waals surface area contributed by atoms with Gasteiger partial charge in [-0.3, -0.25) is 4.79 Å². The van der Waals surface area contributed by atoms with E-state index >= 15 is 4.79 Å². The molecule has 0 aromatic carbocycles. The van der Waals surface area contributed by atoms with Crippen molar-refractivity contribution >= 4 is 5.97 Å². The molecule has 4 aliphatic heterocycles. The number of esters is 1. The van der Waals surface area contributed by atoms with E-state index in [1.165, 1.54) is 12.5 Å². The number of carbonyl (C=O) groups excluding carboxylic acids is 1. The van der Waals surface area contributed by atoms with Crippen molar-refractivity contribution < 1.29 is 109 Å². The van der Waals surface area contributed by atoms with Crippen LogP contribution in [0.15, 0.2) is 11.6 Å². The van der Waals surface area contributed by atoms with E-state index in [2.05, 4.69) is 54.5 Å². The van der Waals surface area contributed by atoms with Gasteiger partial charge in [-0.15, -0.1) is 0 Å². The fourth-order valence-corrected chi connectivity index (χ4v) is 16.4. The zero-order valence-corrected chi connectivity index (χ0v) is 45.1. The Morgan fingerprint density at radius 2 is 1.14 bits per heavy atom. The number of ether oxygens (including phenoxy) is 8. The zero-order valence-electron chi connectivity index (χ0n) is 45.1. The van der Waals surface area contributed by atoms with Crippen LogP contribution in [0.25, 0.3) is 0 Å². The molecule has 9 rings (SSSR count). The van der Waals surface area contributed by atoms with Crippen LogP contribution < -0.4 is 0 Å². The van der Waals surface area contributed by atoms with Crippen molar-refractivity contribution in [1.29, 1.82) is 0 Å². The number of allylic oxidation sites excluding steroid dienone is 2. The lowest BCUT2D eigenvalue weighted by molar-refractivity contribution is -0.361. The molecule has 22 heteroatoms. The molecule has 22 nitrogen and oxygen atoms in total. The van der Waals surface area contributed by atoms with Gasteiger partial charge >= 0.3 is 5.97 Å². The Morgan fingerprint density at radius 1 is 0.579 bits per heavy atom. The van der Waals surface area contributed by atoms with E-state index in [9.17, 15) is 66.4 Å². The Kier molecular flexibility index (Phi) is 16.6. The first-order chi connectivity index (χ1) is 35.5. The van der Waals surface area contributed by atoms with Crippen LogP contribution in [0.5, 0.6) is 0 Å². The first-order valence-electron chi connectivity index (χ1n) is 27.7. The molecule has 4 saturated heterocycles. The molecule has 0 radical (unpaired) electrons. The summed E-state index contributed by atoms with van der Waals surface area (Å²) in [5, 5.41) is 139. The van der Waals surface area contributed by atoms with Crippen molar-refractivity contribution in [2.45, 2.75) is 249 Å². The van der Waals surface area contributed by atoms with E-state index in [4.69, 9.17) is 37.9 Å². The highest BCUT2D eigenvalue weighted by Gasteiger charge is 2.70. The Hall–Kier alpha value is -1.59. The molecule has 9 aliphatic rings. The van der Waals surface area contributed by atoms with Crippen LogP contribution in [0.4, 0.5) is 0 Å². The van der Waals surface area contributed by atoms with Crippen LogP contribution in [0.1, 0.15) is 120 Å². The van der Waals surface area contributed by atoms with Gasteiger partial charge in [0.25, 0.3) is 0 Å². The van der Waals surface area contributed by atoms with Gasteiger partial charge in [-0.2, -0.15) is 0 Å². The minimum atomic E-state index is -1.87. The van der Waals surface area contributed by atoms with E-state index in [0.717, 1.165) is 32.1 Å². The highest BCUT2D eigenvalue weighted by atomic mass is 16.8. The maximum absolute atomic E-state index is 15.1. The Morgan fingerprint density at radius 3 is 1.80 bits per heavy atom. The molecule has 0 aromatic rings. The van der Waals surface area contributed by atoms with Gasteiger partial charge in [-0.05, 0) is 116 Å². The van der Waals surface area contributed by atoms with Crippen LogP contribution in [0, 0.1) is 50.2 Å². The fourth-order valence-electron chi connectivity index (χ4n) is 16.4. The lowest BCUT2D eigenvalue weighted by Gasteiger charge is -2.71. The van der Waals surface area contributed by atoms with Gasteiger partial charge in [-0.25, -0.2) is 0 Å². The van der Waals surface area contributed by atoms with Gasteiger partial charge in [0.05, 0.1) is 37.4 Å². The molecule has 76 heavy (non-hydrogen) atoms. The highest BCUT2D eigenvalue weighted by Crippen LogP contribution is 2.76. The van der Waals surface area contributed by atoms with Crippen LogP contribution in [0.3, 0.4) is 0 Å². The summed E-state index contributed by atoms with van der Waals surface area (Å²) in [5.74, 6) is -0.332. The highest BCUT2D eigenvalue weighted by molar-refractivity contribution is 5.79. The SMILES string of the molecule is C[C@@H]1O[C@@H](O[C@H]2[C@H](O)[C@@H](O)[C@H](OC[C@H]3O[C@@H](OC(=O)[C@]45CCC(C)(C)C[C@H]4C4=CCC6[C@@]7(C)CC[C@H](O[C@@H]8O[C@H](CO)[C@@H](O)[C@H](O)[C@H]8O)C(C)(C)C7CC[C@@]6(C)[C@]4(C)CC5)[C@H](O)[C@@H](O)[C@@H]3O)O[C@@H]2CO)[C@H](O)[C@H](O)[C@H]1O. The number of rotatable bonds is 11. The standard InChI is InChI=1S/C54H88O22/c1-23-32(57)35(60)39(64)45(70-23)75-43-27(21-56)72-44(42(67)38(43)63)69-22-28-34(59)37(62)41(66)47(73-28)76-48(68)54-17-15-49(2,3)19-25(54)24-9-10-30-51(6)13-12-31(74-46-40(65)36(61)33(58)26(20-55)71-46)50(4,5)29(51)11-14-53(30,8)52(24,7)16-18-54/h9,23,25-47,55-67H,10-22H2,1-8H3/t23-,25-,26+,27+,28+,29?,30?,31-,32-,33+,34+,35+,36-,37-,38+,39+,40+,41+,42+,43+,44+,45-,46-,47-,51-,52+,53+,54-/m0/s1. The first kappa shape index (κ1) is 59.0. The molecule has 4 saturated carbocycles. The maximum Gasteiger partial charge on any atom is 0.315 e. The molecule has 436 valence electrons. The smallest absolute Gasteiger partial charge is 0.315 e. The predicted molar refractivity (Wildman–Crippen MR) is 261 cm³/mol. The Bertz CT molecular complexity index is 2090. The van der Waals surface area contributed by atoms with Crippen LogP contribution in [-0.2, 0) is 42.7 Å². The molecule has 0 spiro atoms. The van der Waals surface area contributed by atoms with Gasteiger partial charge in [0.2, 0.25) is 6.29 Å². The Balaban J connectivity index is 0.892. The quantitative estimate of drug-likeness (QED) is 0.0670. The van der Waals surface area contributed by atoms with E-state index in [0.29, 0.717) is 32.1 Å². The second kappa shape index (κ2) is 21.3. The summed E-state index contributed by atoms with van der Waals surface area (Å²) < 4.78 is 47.2. The van der Waals surface area contributed by atoms with Gasteiger partial charge in [0.15, 0.2) is 18.9 Å². The summed E-state index contributed by atoms with van der Waals surface area (Å²) in [4.78, 5) is 15.1. The molecule has 0 amide bonds. The summed E-state index contributed by atoms with van der Waals surface area (Å²) in [5.41, 5.74) is -0.887. The topological polar surface area (TPSA) is 354 Å². The van der Waals surface area contributed by atoms with E-state index in [1.54, 1.807) is 0 Å². The molecule has 0 bridgehead atoms. The van der Waals surface area contributed by atoms with Crippen LogP contribution in [0.2, 0.25) is 0 Å². The number of hydrogen-bond donors (Lipinski definition) is 13. The molecule has 2 unspecified atom stereocenters. The van der Waals surface area contributed by atoms with Gasteiger partial charge in [0, 0.05) is 0 Å². The molecule has 5 aliphatic carbocycles. The van der Waals surface area contributed by atoms with E-state index in [-0.39, 0.29) is 50.9 Å². The van der Waals surface area contributed by atoms with Crippen molar-refractivity contribution in [3.05, 3.63) is 11.6 Å². The number of fused-ring (bicyclic) bond motifs is 7. The third kappa shape index (κ3) is 9.57. The second-order valence-corrected chi connectivity index (χ2v) is 26.3. The first-order valence-corrected chi connectivity index (χ1v) is 27.7. The minimum absolute atomic E-state index is 0.126. The lowest BCUT2D eigenvalue weighted by Crippen LogP contribution is -2.66. The average molecular weight is 1090 g/mol. The van der Waals surface area contributed by atoms with Crippen LogP contribution in [-0.4, -0.2) is 221 Å². The van der Waals surface area contributed by atoms with Crippen LogP contribution >= 0.6 is 0 Å². The molecule has 0 aromatic heterocycles. The molecule has 13 N–H and O–H groups in total. The Labute approximate surface area is 444 Å². The normalized spacial score (nSPS) is 54.0. The minimum Gasteiger partial charge on any atom is -0.432 e. The van der Waals surface area contributed by atoms with Crippen molar-refractivity contribution in [1.82, 2.24) is 0 Å². The third-order valence-electron chi connectivity index (χ3n) is 21.4. The van der Waals surface area contributed by atoms with E-state index < -0.39 is 154 Å². The lowest BCUT2D eigenvalue weighted by atomic mass is 9.33. The zero-order chi connectivity index (χ0) is 55.6. The summed E-state index contributed by atoms with van der Waals surface area (Å²) in [7, 11) is 0. The molecule has 8 fully saturated rings. The molecular formula is C54H88O22. The van der Waals surface area contributed by atoms with E-state index in [1.807, 2.05) is 0 Å². The van der Waals surface area contributed by atoms with Gasteiger partial charge < -0.3 is 104 Å². The van der Waals surface area contributed by atoms with Crippen molar-refractivity contribution in [2.75, 3.05) is 19.8 Å². The van der Waals surface area contributed by atoms with Crippen molar-refractivity contribution in [3.63, 3.8) is 0 Å². The maximum atomic E-state index is 15.1. The average Bonchev–Trinajstić information content (AvgIpc) is 3.55. The number of carbonyl (C=O) groups is 1. The molecule has 4 heterocycles. The second-order valence-electron chi connectivity index (χ2n) is 26.3. The number of aliphatic hydroxyl groups excluding tert-OH is 13. The van der Waals surface area contributed by atoms with Gasteiger partial charge in [0.1, 0.15) is 91.6 Å². The van der Waals surface area contributed by atoms with Gasteiger partial charge in [-0.1, -0.05) is 60.1 Å². The monoisotopic (exact) mass is 1090 g/mol.